The summed E-state index contributed by atoms with van der Waals surface area (Å²) in [5.41, 5.74) is 1.92. The highest BCUT2D eigenvalue weighted by Gasteiger charge is 2.06. The molecule has 0 unspecified atom stereocenters. The van der Waals surface area contributed by atoms with Crippen molar-refractivity contribution in [2.75, 3.05) is 17.2 Å². The molecular formula is C13H16FN5. The Balaban J connectivity index is 2.05. The van der Waals surface area contributed by atoms with Gasteiger partial charge in [0.1, 0.15) is 0 Å². The number of nitrogens with zero attached hydrogens (tertiary/aromatic N) is 3. The number of hydrogen-bond acceptors (Lipinski definition) is 5. The summed E-state index contributed by atoms with van der Waals surface area (Å²) in [5.74, 6) is 0.127. The summed E-state index contributed by atoms with van der Waals surface area (Å²) in [6.45, 7) is 5.00. The molecule has 2 rings (SSSR count). The number of halogens is 1. The second kappa shape index (κ2) is 6.08. The molecule has 2 heterocycles. The van der Waals surface area contributed by atoms with Gasteiger partial charge >= 0.3 is 0 Å². The number of aromatic nitrogens is 3. The average Bonchev–Trinajstić information content (AvgIpc) is 2.41. The molecule has 0 radical (unpaired) electrons. The number of hydrogen-bond donors (Lipinski definition) is 2. The Morgan fingerprint density at radius 1 is 1.16 bits per heavy atom. The highest BCUT2D eigenvalue weighted by atomic mass is 19.1. The summed E-state index contributed by atoms with van der Waals surface area (Å²) in [5, 5.41) is 5.88. The van der Waals surface area contributed by atoms with E-state index in [4.69, 9.17) is 0 Å². The molecule has 0 bridgehead atoms. The van der Waals surface area contributed by atoms with Crippen molar-refractivity contribution in [1.29, 1.82) is 0 Å². The van der Waals surface area contributed by atoms with E-state index in [0.29, 0.717) is 19.0 Å². The Labute approximate surface area is 111 Å². The highest BCUT2D eigenvalue weighted by molar-refractivity contribution is 5.41. The van der Waals surface area contributed by atoms with Gasteiger partial charge in [-0.1, -0.05) is 6.07 Å². The minimum absolute atomic E-state index is 0.187. The maximum Gasteiger partial charge on any atom is 0.224 e. The van der Waals surface area contributed by atoms with Gasteiger partial charge in [-0.25, -0.2) is 9.37 Å². The van der Waals surface area contributed by atoms with E-state index < -0.39 is 5.82 Å². The van der Waals surface area contributed by atoms with Crippen LogP contribution in [0, 0.1) is 12.7 Å². The van der Waals surface area contributed by atoms with Crippen LogP contribution in [0.25, 0.3) is 0 Å². The molecule has 0 fully saturated rings. The quantitative estimate of drug-likeness (QED) is 0.865. The zero-order valence-electron chi connectivity index (χ0n) is 10.9. The normalized spacial score (nSPS) is 10.3. The van der Waals surface area contributed by atoms with E-state index in [1.54, 1.807) is 6.20 Å². The fourth-order valence-electron chi connectivity index (χ4n) is 1.52. The molecule has 0 aliphatic heterocycles. The largest absolute Gasteiger partial charge is 0.363 e. The van der Waals surface area contributed by atoms with Crippen molar-refractivity contribution in [2.24, 2.45) is 0 Å². The maximum atomic E-state index is 13.5. The smallest absolute Gasteiger partial charge is 0.224 e. The Bertz CT molecular complexity index is 541. The first-order chi connectivity index (χ1) is 9.19. The van der Waals surface area contributed by atoms with Gasteiger partial charge in [0.25, 0.3) is 0 Å². The first-order valence-corrected chi connectivity index (χ1v) is 6.11. The third-order valence-corrected chi connectivity index (χ3v) is 2.51. The van der Waals surface area contributed by atoms with Crippen molar-refractivity contribution in [3.05, 3.63) is 41.6 Å². The van der Waals surface area contributed by atoms with Gasteiger partial charge in [0.15, 0.2) is 11.6 Å². The number of nitrogens with one attached hydrogen (secondary N) is 2. The highest BCUT2D eigenvalue weighted by Crippen LogP contribution is 2.13. The van der Waals surface area contributed by atoms with Crippen molar-refractivity contribution in [2.45, 2.75) is 20.4 Å². The van der Waals surface area contributed by atoms with Gasteiger partial charge in [0.2, 0.25) is 5.95 Å². The van der Waals surface area contributed by atoms with Crippen LogP contribution in [0.3, 0.4) is 0 Å². The first-order valence-electron chi connectivity index (χ1n) is 6.11. The zero-order valence-corrected chi connectivity index (χ0v) is 10.9. The van der Waals surface area contributed by atoms with Gasteiger partial charge < -0.3 is 10.6 Å². The summed E-state index contributed by atoms with van der Waals surface area (Å²) >= 11 is 0. The summed E-state index contributed by atoms with van der Waals surface area (Å²) in [4.78, 5) is 12.1. The van der Waals surface area contributed by atoms with Crippen LogP contribution in [0.5, 0.6) is 0 Å². The molecule has 0 aliphatic rings. The molecule has 0 spiro atoms. The number of pyridine rings is 1. The Kier molecular flexibility index (Phi) is 4.22. The van der Waals surface area contributed by atoms with Gasteiger partial charge in [0.05, 0.1) is 6.20 Å². The number of anilines is 2. The number of aryl methyl sites for hydroxylation is 1. The molecule has 0 aliphatic carbocycles. The van der Waals surface area contributed by atoms with Crippen LogP contribution in [-0.2, 0) is 6.54 Å². The van der Waals surface area contributed by atoms with E-state index in [0.717, 1.165) is 17.5 Å². The molecule has 6 heteroatoms. The molecule has 2 N–H and O–H groups in total. The van der Waals surface area contributed by atoms with Gasteiger partial charge in [0, 0.05) is 25.0 Å². The molecule has 0 aromatic carbocycles. The minimum atomic E-state index is -0.471. The minimum Gasteiger partial charge on any atom is -0.363 e. The van der Waals surface area contributed by atoms with Crippen LogP contribution >= 0.6 is 0 Å². The Morgan fingerprint density at radius 3 is 2.68 bits per heavy atom. The number of rotatable bonds is 5. The van der Waals surface area contributed by atoms with Crippen LogP contribution in [0.4, 0.5) is 16.2 Å². The van der Waals surface area contributed by atoms with E-state index in [1.165, 1.54) is 0 Å². The summed E-state index contributed by atoms with van der Waals surface area (Å²) in [7, 11) is 0. The van der Waals surface area contributed by atoms with Crippen molar-refractivity contribution < 1.29 is 4.39 Å². The van der Waals surface area contributed by atoms with Crippen LogP contribution in [0.15, 0.2) is 24.5 Å². The molecule has 100 valence electrons. The maximum absolute atomic E-state index is 13.5. The lowest BCUT2D eigenvalue weighted by Gasteiger charge is -2.08. The second-order valence-electron chi connectivity index (χ2n) is 4.08. The van der Waals surface area contributed by atoms with Gasteiger partial charge in [-0.3, -0.25) is 4.98 Å². The van der Waals surface area contributed by atoms with E-state index in [1.807, 2.05) is 26.0 Å². The SMILES string of the molecule is CCNc1ncc(F)c(NCc2ccc(C)nc2)n1. The van der Waals surface area contributed by atoms with Crippen LogP contribution < -0.4 is 10.6 Å². The lowest BCUT2D eigenvalue weighted by molar-refractivity contribution is 0.617. The summed E-state index contributed by atoms with van der Waals surface area (Å²) in [6, 6.07) is 3.86. The molecule has 0 saturated carbocycles. The van der Waals surface area contributed by atoms with Crippen LogP contribution in [0.1, 0.15) is 18.2 Å². The molecule has 5 nitrogen and oxygen atoms in total. The van der Waals surface area contributed by atoms with E-state index in [2.05, 4.69) is 25.6 Å². The predicted octanol–water partition coefficient (Wildman–Crippen LogP) is 2.36. The molecule has 0 atom stereocenters. The summed E-state index contributed by atoms with van der Waals surface area (Å²) < 4.78 is 13.5. The standard InChI is InChI=1S/C13H16FN5/c1-3-15-13-18-8-11(14)12(19-13)17-7-10-5-4-9(2)16-6-10/h4-6,8H,3,7H2,1-2H3,(H2,15,17,18,19). The lowest BCUT2D eigenvalue weighted by atomic mass is 10.2. The predicted molar refractivity (Wildman–Crippen MR) is 72.5 cm³/mol. The van der Waals surface area contributed by atoms with Crippen molar-refractivity contribution in [3.8, 4) is 0 Å². The average molecular weight is 261 g/mol. The second-order valence-corrected chi connectivity index (χ2v) is 4.08. The third-order valence-electron chi connectivity index (χ3n) is 2.51. The molecule has 19 heavy (non-hydrogen) atoms. The monoisotopic (exact) mass is 261 g/mol. The van der Waals surface area contributed by atoms with Crippen molar-refractivity contribution in [1.82, 2.24) is 15.0 Å². The van der Waals surface area contributed by atoms with E-state index in [9.17, 15) is 4.39 Å². The van der Waals surface area contributed by atoms with Crippen LogP contribution in [0.2, 0.25) is 0 Å². The fourth-order valence-corrected chi connectivity index (χ4v) is 1.52. The lowest BCUT2D eigenvalue weighted by Crippen LogP contribution is -2.08. The van der Waals surface area contributed by atoms with Gasteiger partial charge in [-0.2, -0.15) is 4.98 Å². The van der Waals surface area contributed by atoms with E-state index >= 15 is 0 Å². The van der Waals surface area contributed by atoms with Gasteiger partial charge in [-0.15, -0.1) is 0 Å². The molecule has 0 saturated heterocycles. The Morgan fingerprint density at radius 2 is 2.00 bits per heavy atom. The molecule has 0 amide bonds. The third kappa shape index (κ3) is 3.61. The van der Waals surface area contributed by atoms with Crippen molar-refractivity contribution >= 4 is 11.8 Å². The zero-order chi connectivity index (χ0) is 13.7. The molecule has 2 aromatic heterocycles. The van der Waals surface area contributed by atoms with E-state index in [-0.39, 0.29) is 5.82 Å². The topological polar surface area (TPSA) is 62.7 Å². The molecular weight excluding hydrogens is 245 g/mol. The van der Waals surface area contributed by atoms with Gasteiger partial charge in [-0.05, 0) is 25.5 Å². The first kappa shape index (κ1) is 13.2. The Hall–Kier alpha value is -2.24. The molecule has 2 aromatic rings. The van der Waals surface area contributed by atoms with Crippen LogP contribution in [-0.4, -0.2) is 21.5 Å². The fraction of sp³-hybridized carbons (Fsp3) is 0.308. The van der Waals surface area contributed by atoms with Crippen molar-refractivity contribution in [3.63, 3.8) is 0 Å². The summed E-state index contributed by atoms with van der Waals surface area (Å²) in [6.07, 6.45) is 2.91.